The van der Waals surface area contributed by atoms with Crippen molar-refractivity contribution in [3.8, 4) is 5.75 Å². The Morgan fingerprint density at radius 1 is 1.03 bits per heavy atom. The zero-order valence-corrected chi connectivity index (χ0v) is 18.9. The summed E-state index contributed by atoms with van der Waals surface area (Å²) in [5.41, 5.74) is 3.97. The zero-order chi connectivity index (χ0) is 21.6. The molecule has 1 fully saturated rings. The molecule has 1 N–H and O–H groups in total. The molecular formula is C26H36N2O2. The molecule has 1 atom stereocenters. The molecule has 1 amide bonds. The minimum absolute atomic E-state index is 0.0381. The average Bonchev–Trinajstić information content (AvgIpc) is 3.27. The second-order valence-corrected chi connectivity index (χ2v) is 9.22. The Kier molecular flexibility index (Phi) is 7.54. The average molecular weight is 409 g/mol. The molecular weight excluding hydrogens is 372 g/mol. The Labute approximate surface area is 181 Å². The monoisotopic (exact) mass is 408 g/mol. The SMILES string of the molecule is CCc1ccc([C@H](CNC(=O)COc2ccc(C(C)(C)C)cc2)N2CCCC2)cc1. The van der Waals surface area contributed by atoms with Crippen LogP contribution in [0.15, 0.2) is 48.5 Å². The zero-order valence-electron chi connectivity index (χ0n) is 18.9. The molecule has 1 heterocycles. The van der Waals surface area contributed by atoms with Crippen LogP contribution in [0.4, 0.5) is 0 Å². The van der Waals surface area contributed by atoms with Crippen molar-refractivity contribution in [3.05, 3.63) is 65.2 Å². The fourth-order valence-electron chi connectivity index (χ4n) is 3.95. The molecule has 0 bridgehead atoms. The molecule has 30 heavy (non-hydrogen) atoms. The molecule has 0 radical (unpaired) electrons. The molecule has 2 aromatic carbocycles. The van der Waals surface area contributed by atoms with Gasteiger partial charge in [-0.1, -0.05) is 64.1 Å². The van der Waals surface area contributed by atoms with E-state index in [-0.39, 0.29) is 24.0 Å². The van der Waals surface area contributed by atoms with Crippen molar-refractivity contribution >= 4 is 5.91 Å². The van der Waals surface area contributed by atoms with Gasteiger partial charge >= 0.3 is 0 Å². The van der Waals surface area contributed by atoms with E-state index in [1.807, 2.05) is 12.1 Å². The maximum Gasteiger partial charge on any atom is 0.258 e. The van der Waals surface area contributed by atoms with Crippen LogP contribution in [0.3, 0.4) is 0 Å². The summed E-state index contributed by atoms with van der Waals surface area (Å²) in [7, 11) is 0. The largest absolute Gasteiger partial charge is 0.484 e. The molecule has 1 saturated heterocycles. The molecule has 1 aliphatic heterocycles. The van der Waals surface area contributed by atoms with Crippen LogP contribution in [0.25, 0.3) is 0 Å². The van der Waals surface area contributed by atoms with Crippen molar-refractivity contribution in [2.24, 2.45) is 0 Å². The number of carbonyl (C=O) groups is 1. The summed E-state index contributed by atoms with van der Waals surface area (Å²) in [5, 5.41) is 3.09. The number of amides is 1. The van der Waals surface area contributed by atoms with Crippen LogP contribution < -0.4 is 10.1 Å². The fourth-order valence-corrected chi connectivity index (χ4v) is 3.95. The van der Waals surface area contributed by atoms with Gasteiger partial charge < -0.3 is 10.1 Å². The molecule has 0 spiro atoms. The normalized spacial score (nSPS) is 15.7. The summed E-state index contributed by atoms with van der Waals surface area (Å²) in [6.45, 7) is 11.5. The second kappa shape index (κ2) is 10.1. The van der Waals surface area contributed by atoms with Gasteiger partial charge in [-0.05, 0) is 66.6 Å². The van der Waals surface area contributed by atoms with E-state index in [1.54, 1.807) is 0 Å². The third-order valence-electron chi connectivity index (χ3n) is 5.94. The number of ether oxygens (including phenoxy) is 1. The van der Waals surface area contributed by atoms with E-state index in [1.165, 1.54) is 29.5 Å². The summed E-state index contributed by atoms with van der Waals surface area (Å²) < 4.78 is 5.70. The first kappa shape index (κ1) is 22.4. The maximum absolute atomic E-state index is 12.4. The van der Waals surface area contributed by atoms with E-state index in [0.717, 1.165) is 25.3 Å². The van der Waals surface area contributed by atoms with Gasteiger partial charge in [0.05, 0.1) is 6.04 Å². The Morgan fingerprint density at radius 3 is 2.23 bits per heavy atom. The highest BCUT2D eigenvalue weighted by molar-refractivity contribution is 5.77. The molecule has 2 aromatic rings. The molecule has 0 aromatic heterocycles. The molecule has 4 heteroatoms. The van der Waals surface area contributed by atoms with Gasteiger partial charge in [-0.25, -0.2) is 0 Å². The fraction of sp³-hybridized carbons (Fsp3) is 0.500. The number of aryl methyl sites for hydroxylation is 1. The van der Waals surface area contributed by atoms with Gasteiger partial charge in [0.15, 0.2) is 6.61 Å². The molecule has 162 valence electrons. The number of likely N-dealkylation sites (tertiary alicyclic amines) is 1. The summed E-state index contributed by atoms with van der Waals surface area (Å²) in [6, 6.07) is 17.0. The molecule has 3 rings (SSSR count). The topological polar surface area (TPSA) is 41.6 Å². The summed E-state index contributed by atoms with van der Waals surface area (Å²) in [5.74, 6) is 0.647. The third-order valence-corrected chi connectivity index (χ3v) is 5.94. The van der Waals surface area contributed by atoms with Crippen LogP contribution in [0.5, 0.6) is 5.75 Å². The van der Waals surface area contributed by atoms with Gasteiger partial charge in [0, 0.05) is 6.54 Å². The number of hydrogen-bond donors (Lipinski definition) is 1. The summed E-state index contributed by atoms with van der Waals surface area (Å²) in [4.78, 5) is 14.9. The number of rotatable bonds is 8. The maximum atomic E-state index is 12.4. The van der Waals surface area contributed by atoms with Gasteiger partial charge in [-0.2, -0.15) is 0 Å². The van der Waals surface area contributed by atoms with Gasteiger partial charge in [0.2, 0.25) is 0 Å². The number of nitrogens with one attached hydrogen (secondary N) is 1. The molecule has 4 nitrogen and oxygen atoms in total. The van der Waals surface area contributed by atoms with Crippen LogP contribution in [0.1, 0.15) is 63.3 Å². The van der Waals surface area contributed by atoms with E-state index in [9.17, 15) is 4.79 Å². The highest BCUT2D eigenvalue weighted by atomic mass is 16.5. The lowest BCUT2D eigenvalue weighted by Gasteiger charge is -2.28. The lowest BCUT2D eigenvalue weighted by molar-refractivity contribution is -0.123. The highest BCUT2D eigenvalue weighted by Crippen LogP contribution is 2.26. The van der Waals surface area contributed by atoms with Crippen molar-refractivity contribution in [1.29, 1.82) is 0 Å². The lowest BCUT2D eigenvalue weighted by atomic mass is 9.87. The van der Waals surface area contributed by atoms with Crippen LogP contribution >= 0.6 is 0 Å². The van der Waals surface area contributed by atoms with Crippen LogP contribution in [0, 0.1) is 0 Å². The first-order valence-corrected chi connectivity index (χ1v) is 11.2. The lowest BCUT2D eigenvalue weighted by Crippen LogP contribution is -2.38. The Hall–Kier alpha value is -2.33. The predicted octanol–water partition coefficient (Wildman–Crippen LogP) is 4.88. The molecule has 0 aliphatic carbocycles. The standard InChI is InChI=1S/C26H36N2O2/c1-5-20-8-10-21(11-9-20)24(28-16-6-7-17-28)18-27-25(29)19-30-23-14-12-22(13-15-23)26(2,3)4/h8-15,24H,5-7,16-19H2,1-4H3,(H,27,29)/t24-/m0/s1. The number of nitrogens with zero attached hydrogens (tertiary/aromatic N) is 1. The number of benzene rings is 2. The molecule has 0 unspecified atom stereocenters. The van der Waals surface area contributed by atoms with Gasteiger partial charge in [0.1, 0.15) is 5.75 Å². The Morgan fingerprint density at radius 2 is 1.67 bits per heavy atom. The Balaban J connectivity index is 1.54. The van der Waals surface area contributed by atoms with Crippen molar-refractivity contribution in [2.45, 2.75) is 58.4 Å². The van der Waals surface area contributed by atoms with Crippen LogP contribution in [-0.4, -0.2) is 37.0 Å². The number of hydrogen-bond acceptors (Lipinski definition) is 3. The minimum Gasteiger partial charge on any atom is -0.484 e. The van der Waals surface area contributed by atoms with Gasteiger partial charge in [-0.3, -0.25) is 9.69 Å². The van der Waals surface area contributed by atoms with Crippen molar-refractivity contribution < 1.29 is 9.53 Å². The molecule has 0 saturated carbocycles. The molecule has 1 aliphatic rings. The Bertz CT molecular complexity index is 800. The van der Waals surface area contributed by atoms with Crippen molar-refractivity contribution in [1.82, 2.24) is 10.2 Å². The minimum atomic E-state index is -0.0794. The van der Waals surface area contributed by atoms with Crippen molar-refractivity contribution in [2.75, 3.05) is 26.2 Å². The van der Waals surface area contributed by atoms with Crippen LogP contribution in [0.2, 0.25) is 0 Å². The highest BCUT2D eigenvalue weighted by Gasteiger charge is 2.24. The number of carbonyl (C=O) groups excluding carboxylic acids is 1. The van der Waals surface area contributed by atoms with Crippen molar-refractivity contribution in [3.63, 3.8) is 0 Å². The van der Waals surface area contributed by atoms with E-state index in [0.29, 0.717) is 6.54 Å². The summed E-state index contributed by atoms with van der Waals surface area (Å²) in [6.07, 6.45) is 3.50. The first-order valence-electron chi connectivity index (χ1n) is 11.2. The van der Waals surface area contributed by atoms with Gasteiger partial charge in [-0.15, -0.1) is 0 Å². The second-order valence-electron chi connectivity index (χ2n) is 9.22. The quantitative estimate of drug-likeness (QED) is 0.677. The summed E-state index contributed by atoms with van der Waals surface area (Å²) >= 11 is 0. The van der Waals surface area contributed by atoms with Crippen LogP contribution in [-0.2, 0) is 16.6 Å². The smallest absolute Gasteiger partial charge is 0.258 e. The van der Waals surface area contributed by atoms with E-state index < -0.39 is 0 Å². The van der Waals surface area contributed by atoms with E-state index >= 15 is 0 Å². The van der Waals surface area contributed by atoms with E-state index in [2.05, 4.69) is 74.3 Å². The van der Waals surface area contributed by atoms with Gasteiger partial charge in [0.25, 0.3) is 5.91 Å². The third kappa shape index (κ3) is 6.09. The first-order chi connectivity index (χ1) is 14.4. The van der Waals surface area contributed by atoms with E-state index in [4.69, 9.17) is 4.74 Å². The predicted molar refractivity (Wildman–Crippen MR) is 123 cm³/mol.